The predicted molar refractivity (Wildman–Crippen MR) is 131 cm³/mol. The summed E-state index contributed by atoms with van der Waals surface area (Å²) in [6, 6.07) is 7.17. The molecule has 10 heteroatoms. The third kappa shape index (κ3) is 3.97. The molecule has 0 aliphatic carbocycles. The summed E-state index contributed by atoms with van der Waals surface area (Å²) in [5.74, 6) is 0.511. The molecule has 2 aliphatic heterocycles. The van der Waals surface area contributed by atoms with Crippen LogP contribution in [0.1, 0.15) is 31.6 Å². The smallest absolute Gasteiger partial charge is 0.229 e. The number of pyridine rings is 1. The molecule has 0 saturated carbocycles. The second kappa shape index (κ2) is 8.84. The summed E-state index contributed by atoms with van der Waals surface area (Å²) < 4.78 is 31.9. The van der Waals surface area contributed by atoms with Crippen LogP contribution in [0.25, 0.3) is 22.3 Å². The first kappa shape index (κ1) is 21.8. The second-order valence-corrected chi connectivity index (χ2v) is 8.98. The molecule has 6 rings (SSSR count). The monoisotopic (exact) mass is 476 g/mol. The third-order valence-corrected chi connectivity index (χ3v) is 6.85. The lowest BCUT2D eigenvalue weighted by molar-refractivity contribution is 0.524. The molecule has 0 radical (unpaired) electrons. The molecule has 5 heterocycles. The summed E-state index contributed by atoms with van der Waals surface area (Å²) >= 11 is 0. The van der Waals surface area contributed by atoms with Crippen LogP contribution in [0.5, 0.6) is 0 Å². The molecule has 180 valence electrons. The maximum atomic E-state index is 15.0. The van der Waals surface area contributed by atoms with Crippen molar-refractivity contribution >= 4 is 28.5 Å². The number of fused-ring (bicyclic) bond motifs is 3. The van der Waals surface area contributed by atoms with Gasteiger partial charge in [0, 0.05) is 44.2 Å². The summed E-state index contributed by atoms with van der Waals surface area (Å²) in [6.45, 7) is 5.86. The van der Waals surface area contributed by atoms with Crippen molar-refractivity contribution in [3.05, 3.63) is 54.1 Å². The summed E-state index contributed by atoms with van der Waals surface area (Å²) in [5, 5.41) is 6.36. The Hall–Kier alpha value is -3.66. The topological polar surface area (TPSA) is 83.8 Å². The molecule has 0 unspecified atom stereocenters. The number of hydrogen-bond acceptors (Lipinski definition) is 7. The fourth-order valence-electron chi connectivity index (χ4n) is 5.05. The SMILES string of the molecule is CC[C@H]1CCc2nc3c(F)cc(-c4nc(Nc5ccc(N6CCNCC6)cn5)ncc4F)cc3n21. The number of nitrogens with one attached hydrogen (secondary N) is 2. The lowest BCUT2D eigenvalue weighted by Gasteiger charge is -2.29. The highest BCUT2D eigenvalue weighted by atomic mass is 19.1. The fraction of sp³-hybridized carbons (Fsp3) is 0.360. The number of rotatable bonds is 5. The highest BCUT2D eigenvalue weighted by Crippen LogP contribution is 2.36. The number of aromatic nitrogens is 5. The van der Waals surface area contributed by atoms with Crippen molar-refractivity contribution in [1.29, 1.82) is 0 Å². The summed E-state index contributed by atoms with van der Waals surface area (Å²) in [5.41, 5.74) is 2.42. The van der Waals surface area contributed by atoms with Crippen molar-refractivity contribution in [1.82, 2.24) is 29.8 Å². The summed E-state index contributed by atoms with van der Waals surface area (Å²) in [4.78, 5) is 19.6. The number of aryl methyl sites for hydroxylation is 1. The van der Waals surface area contributed by atoms with Crippen molar-refractivity contribution in [2.24, 2.45) is 0 Å². The number of nitrogens with zero attached hydrogens (tertiary/aromatic N) is 6. The Morgan fingerprint density at radius 2 is 1.91 bits per heavy atom. The Balaban J connectivity index is 1.30. The Labute approximate surface area is 201 Å². The number of halogens is 2. The van der Waals surface area contributed by atoms with Gasteiger partial charge in [0.15, 0.2) is 11.6 Å². The summed E-state index contributed by atoms with van der Waals surface area (Å²) in [6.07, 6.45) is 5.62. The van der Waals surface area contributed by atoms with E-state index in [1.54, 1.807) is 12.3 Å². The molecule has 2 aliphatic rings. The maximum Gasteiger partial charge on any atom is 0.229 e. The largest absolute Gasteiger partial charge is 0.368 e. The number of piperazine rings is 1. The molecule has 0 bridgehead atoms. The van der Waals surface area contributed by atoms with E-state index < -0.39 is 11.6 Å². The average molecular weight is 477 g/mol. The zero-order valence-electron chi connectivity index (χ0n) is 19.4. The van der Waals surface area contributed by atoms with E-state index in [-0.39, 0.29) is 17.7 Å². The molecule has 1 aromatic carbocycles. The van der Waals surface area contributed by atoms with Gasteiger partial charge in [-0.1, -0.05) is 6.92 Å². The first-order chi connectivity index (χ1) is 17.1. The van der Waals surface area contributed by atoms with Crippen LogP contribution in [0.4, 0.5) is 26.2 Å². The van der Waals surface area contributed by atoms with E-state index in [1.165, 1.54) is 6.07 Å². The molecule has 4 aromatic rings. The molecule has 8 nitrogen and oxygen atoms in total. The Kier molecular flexibility index (Phi) is 5.52. The Morgan fingerprint density at radius 3 is 2.69 bits per heavy atom. The van der Waals surface area contributed by atoms with E-state index in [4.69, 9.17) is 0 Å². The van der Waals surface area contributed by atoms with Crippen LogP contribution in [0.15, 0.2) is 36.7 Å². The van der Waals surface area contributed by atoms with Crippen LogP contribution in [-0.4, -0.2) is 50.7 Å². The van der Waals surface area contributed by atoms with Gasteiger partial charge in [0.1, 0.15) is 22.9 Å². The maximum absolute atomic E-state index is 15.0. The van der Waals surface area contributed by atoms with Crippen LogP contribution in [0.3, 0.4) is 0 Å². The lowest BCUT2D eigenvalue weighted by Crippen LogP contribution is -2.43. The van der Waals surface area contributed by atoms with Crippen LogP contribution < -0.4 is 15.5 Å². The number of hydrogen-bond donors (Lipinski definition) is 2. The average Bonchev–Trinajstić information content (AvgIpc) is 3.46. The molecule has 2 N–H and O–H groups in total. The highest BCUT2D eigenvalue weighted by molar-refractivity contribution is 5.83. The molecule has 1 saturated heterocycles. The van der Waals surface area contributed by atoms with Crippen LogP contribution >= 0.6 is 0 Å². The van der Waals surface area contributed by atoms with Crippen molar-refractivity contribution in [3.8, 4) is 11.3 Å². The van der Waals surface area contributed by atoms with Gasteiger partial charge < -0.3 is 20.1 Å². The summed E-state index contributed by atoms with van der Waals surface area (Å²) in [7, 11) is 0. The fourth-order valence-corrected chi connectivity index (χ4v) is 5.05. The van der Waals surface area contributed by atoms with E-state index in [1.807, 2.05) is 12.1 Å². The van der Waals surface area contributed by atoms with Gasteiger partial charge in [-0.05, 0) is 37.1 Å². The van der Waals surface area contributed by atoms with E-state index in [0.29, 0.717) is 22.4 Å². The first-order valence-corrected chi connectivity index (χ1v) is 12.0. The molecule has 1 atom stereocenters. The van der Waals surface area contributed by atoms with Crippen molar-refractivity contribution < 1.29 is 8.78 Å². The standard InChI is InChI=1S/C25H26F2N8/c1-2-16-4-6-22-32-24-18(26)11-15(12-20(24)35(16)22)23-19(27)14-30-25(33-23)31-21-5-3-17(13-29-21)34-9-7-28-8-10-34/h3,5,11-14,16,28H,2,4,6-10H2,1H3,(H,29,30,31,33)/t16-/m0/s1. The minimum atomic E-state index is -0.621. The second-order valence-electron chi connectivity index (χ2n) is 8.98. The molecular formula is C25H26F2N8. The Bertz CT molecular complexity index is 1380. The van der Waals surface area contributed by atoms with Gasteiger partial charge in [-0.3, -0.25) is 0 Å². The van der Waals surface area contributed by atoms with Crippen LogP contribution in [0.2, 0.25) is 0 Å². The molecular weight excluding hydrogens is 450 g/mol. The quantitative estimate of drug-likeness (QED) is 0.446. The van der Waals surface area contributed by atoms with Crippen molar-refractivity contribution in [3.63, 3.8) is 0 Å². The molecule has 35 heavy (non-hydrogen) atoms. The number of anilines is 3. The van der Waals surface area contributed by atoms with E-state index in [2.05, 4.69) is 47.0 Å². The minimum absolute atomic E-state index is 0.0299. The zero-order valence-corrected chi connectivity index (χ0v) is 19.4. The number of imidazole rings is 1. The van der Waals surface area contributed by atoms with Crippen LogP contribution in [0, 0.1) is 11.6 Å². The molecule has 3 aromatic heterocycles. The van der Waals surface area contributed by atoms with Crippen molar-refractivity contribution in [2.45, 2.75) is 32.2 Å². The van der Waals surface area contributed by atoms with Gasteiger partial charge in [0.2, 0.25) is 5.95 Å². The molecule has 0 spiro atoms. The van der Waals surface area contributed by atoms with E-state index in [9.17, 15) is 4.39 Å². The normalized spacial score (nSPS) is 17.7. The van der Waals surface area contributed by atoms with Gasteiger partial charge >= 0.3 is 0 Å². The van der Waals surface area contributed by atoms with Crippen molar-refractivity contribution in [2.75, 3.05) is 36.4 Å². The van der Waals surface area contributed by atoms with Crippen LogP contribution in [-0.2, 0) is 6.42 Å². The van der Waals surface area contributed by atoms with Gasteiger partial charge in [0.25, 0.3) is 0 Å². The van der Waals surface area contributed by atoms with Gasteiger partial charge in [-0.15, -0.1) is 0 Å². The lowest BCUT2D eigenvalue weighted by atomic mass is 10.1. The highest BCUT2D eigenvalue weighted by Gasteiger charge is 2.26. The molecule has 0 amide bonds. The predicted octanol–water partition coefficient (Wildman–Crippen LogP) is 4.22. The van der Waals surface area contributed by atoms with Gasteiger partial charge in [0.05, 0.1) is 23.6 Å². The van der Waals surface area contributed by atoms with E-state index >= 15 is 4.39 Å². The van der Waals surface area contributed by atoms with E-state index in [0.717, 1.165) is 63.2 Å². The third-order valence-electron chi connectivity index (χ3n) is 6.85. The minimum Gasteiger partial charge on any atom is -0.368 e. The number of benzene rings is 1. The first-order valence-electron chi connectivity index (χ1n) is 12.0. The van der Waals surface area contributed by atoms with Gasteiger partial charge in [-0.25, -0.2) is 28.7 Å². The zero-order chi connectivity index (χ0) is 23.9. The van der Waals surface area contributed by atoms with Gasteiger partial charge in [-0.2, -0.15) is 0 Å². The molecule has 1 fully saturated rings. The Morgan fingerprint density at radius 1 is 1.06 bits per heavy atom.